The molecule has 1 rings (SSSR count). The molecule has 0 radical (unpaired) electrons. The Morgan fingerprint density at radius 3 is 2.80 bits per heavy atom. The molecule has 2 atom stereocenters. The zero-order chi connectivity index (χ0) is 11.3. The maximum Gasteiger partial charge on any atom is 0.109 e. The van der Waals surface area contributed by atoms with Gasteiger partial charge in [0.05, 0.1) is 0 Å². The second kappa shape index (κ2) is 6.28. The van der Waals surface area contributed by atoms with Crippen LogP contribution in [0.25, 0.3) is 0 Å². The number of rotatable bonds is 6. The Morgan fingerprint density at radius 1 is 1.53 bits per heavy atom. The van der Waals surface area contributed by atoms with Crippen molar-refractivity contribution >= 4 is 15.9 Å². The quantitative estimate of drug-likeness (QED) is 0.805. The number of alkyl halides is 1. The summed E-state index contributed by atoms with van der Waals surface area (Å²) >= 11 is 3.56. The van der Waals surface area contributed by atoms with E-state index in [9.17, 15) is 0 Å². The van der Waals surface area contributed by atoms with E-state index in [1.165, 1.54) is 0 Å². The number of halogens is 1. The van der Waals surface area contributed by atoms with Crippen LogP contribution in [-0.2, 0) is 13.5 Å². The van der Waals surface area contributed by atoms with E-state index < -0.39 is 0 Å². The van der Waals surface area contributed by atoms with Gasteiger partial charge in [-0.2, -0.15) is 0 Å². The number of nitrogens with zero attached hydrogens (tertiary/aromatic N) is 2. The summed E-state index contributed by atoms with van der Waals surface area (Å²) in [7, 11) is 2.03. The molecule has 15 heavy (non-hydrogen) atoms. The van der Waals surface area contributed by atoms with Crippen LogP contribution in [0.15, 0.2) is 12.4 Å². The maximum absolute atomic E-state index is 4.29. The summed E-state index contributed by atoms with van der Waals surface area (Å²) in [4.78, 5) is 4.86. The molecule has 0 aromatic carbocycles. The van der Waals surface area contributed by atoms with Gasteiger partial charge in [-0.15, -0.1) is 0 Å². The fourth-order valence-electron chi connectivity index (χ4n) is 1.64. The molecule has 0 aliphatic carbocycles. The largest absolute Gasteiger partial charge is 0.338 e. The lowest BCUT2D eigenvalue weighted by Crippen LogP contribution is -2.30. The van der Waals surface area contributed by atoms with Crippen molar-refractivity contribution in [2.45, 2.75) is 37.6 Å². The van der Waals surface area contributed by atoms with Crippen LogP contribution in [0.1, 0.15) is 26.1 Å². The van der Waals surface area contributed by atoms with E-state index in [-0.39, 0.29) is 0 Å². The van der Waals surface area contributed by atoms with Crippen molar-refractivity contribution in [1.29, 1.82) is 0 Å². The zero-order valence-electron chi connectivity index (χ0n) is 9.70. The molecule has 0 aliphatic rings. The molecule has 1 N–H and O–H groups in total. The van der Waals surface area contributed by atoms with Crippen molar-refractivity contribution in [3.63, 3.8) is 0 Å². The summed E-state index contributed by atoms with van der Waals surface area (Å²) in [6.45, 7) is 5.39. The zero-order valence-corrected chi connectivity index (χ0v) is 11.3. The molecule has 86 valence electrons. The molecule has 0 saturated carbocycles. The maximum atomic E-state index is 4.29. The molecule has 3 nitrogen and oxygen atoms in total. The van der Waals surface area contributed by atoms with E-state index >= 15 is 0 Å². The molecule has 0 aliphatic heterocycles. The second-order valence-corrected chi connectivity index (χ2v) is 5.64. The summed E-state index contributed by atoms with van der Waals surface area (Å²) in [5, 5.41) is 3.50. The smallest absolute Gasteiger partial charge is 0.109 e. The lowest BCUT2D eigenvalue weighted by molar-refractivity contribution is 0.513. The Labute approximate surface area is 100 Å². The van der Waals surface area contributed by atoms with Gasteiger partial charge in [0.2, 0.25) is 0 Å². The molecule has 1 heterocycles. The lowest BCUT2D eigenvalue weighted by atomic mass is 10.2. The predicted octanol–water partition coefficient (Wildman–Crippen LogP) is 2.11. The summed E-state index contributed by atoms with van der Waals surface area (Å²) in [5.41, 5.74) is 0. The van der Waals surface area contributed by atoms with Gasteiger partial charge in [-0.05, 0) is 13.3 Å². The SMILES string of the molecule is CC(Br)CC(C)NCCc1nccn1C. The third kappa shape index (κ3) is 4.80. The predicted molar refractivity (Wildman–Crippen MR) is 67.4 cm³/mol. The van der Waals surface area contributed by atoms with Crippen molar-refractivity contribution < 1.29 is 0 Å². The van der Waals surface area contributed by atoms with E-state index in [0.717, 1.165) is 25.2 Å². The number of aryl methyl sites for hydroxylation is 1. The van der Waals surface area contributed by atoms with Crippen LogP contribution in [0.5, 0.6) is 0 Å². The Hall–Kier alpha value is -0.350. The Balaban J connectivity index is 2.19. The van der Waals surface area contributed by atoms with Gasteiger partial charge < -0.3 is 9.88 Å². The standard InChI is InChI=1S/C11H20BrN3/c1-9(12)8-10(2)13-5-4-11-14-6-7-15(11)3/h6-7,9-10,13H,4-5,8H2,1-3H3. The van der Waals surface area contributed by atoms with Crippen LogP contribution in [0, 0.1) is 0 Å². The van der Waals surface area contributed by atoms with Crippen molar-refractivity contribution in [2.24, 2.45) is 7.05 Å². The highest BCUT2D eigenvalue weighted by atomic mass is 79.9. The molecule has 2 unspecified atom stereocenters. The van der Waals surface area contributed by atoms with Gasteiger partial charge >= 0.3 is 0 Å². The van der Waals surface area contributed by atoms with Gasteiger partial charge in [0.15, 0.2) is 0 Å². The van der Waals surface area contributed by atoms with E-state index in [4.69, 9.17) is 0 Å². The van der Waals surface area contributed by atoms with Crippen LogP contribution in [0.2, 0.25) is 0 Å². The average Bonchev–Trinajstić information content (AvgIpc) is 2.50. The van der Waals surface area contributed by atoms with Gasteiger partial charge in [-0.3, -0.25) is 0 Å². The highest BCUT2D eigenvalue weighted by molar-refractivity contribution is 9.09. The lowest BCUT2D eigenvalue weighted by Gasteiger charge is -2.14. The average molecular weight is 274 g/mol. The molecule has 1 aromatic heterocycles. The normalized spacial score (nSPS) is 15.2. The molecule has 4 heteroatoms. The molecular formula is C11H20BrN3. The second-order valence-electron chi connectivity index (χ2n) is 4.08. The first-order valence-electron chi connectivity index (χ1n) is 5.43. The molecule has 0 saturated heterocycles. The van der Waals surface area contributed by atoms with E-state index in [1.54, 1.807) is 0 Å². The minimum absolute atomic E-state index is 0.555. The highest BCUT2D eigenvalue weighted by Crippen LogP contribution is 2.06. The number of hydrogen-bond acceptors (Lipinski definition) is 2. The van der Waals surface area contributed by atoms with Crippen molar-refractivity contribution in [2.75, 3.05) is 6.54 Å². The molecule has 0 spiro atoms. The van der Waals surface area contributed by atoms with Crippen LogP contribution in [0.4, 0.5) is 0 Å². The Morgan fingerprint density at radius 2 is 2.27 bits per heavy atom. The minimum atomic E-state index is 0.555. The molecule has 1 aromatic rings. The summed E-state index contributed by atoms with van der Waals surface area (Å²) in [5.74, 6) is 1.14. The fourth-order valence-corrected chi connectivity index (χ4v) is 2.20. The highest BCUT2D eigenvalue weighted by Gasteiger charge is 2.05. The fraction of sp³-hybridized carbons (Fsp3) is 0.727. The summed E-state index contributed by atoms with van der Waals surface area (Å²) in [6.07, 6.45) is 5.98. The number of aromatic nitrogens is 2. The van der Waals surface area contributed by atoms with Crippen LogP contribution in [0.3, 0.4) is 0 Å². The molecular weight excluding hydrogens is 254 g/mol. The first-order valence-corrected chi connectivity index (χ1v) is 6.35. The van der Waals surface area contributed by atoms with E-state index in [1.807, 2.05) is 19.4 Å². The Kier molecular flexibility index (Phi) is 5.32. The van der Waals surface area contributed by atoms with Gasteiger partial charge in [-0.25, -0.2) is 4.98 Å². The van der Waals surface area contributed by atoms with Crippen LogP contribution in [-0.4, -0.2) is 27.0 Å². The Bertz CT molecular complexity index is 283. The number of hydrogen-bond donors (Lipinski definition) is 1. The van der Waals surface area contributed by atoms with E-state index in [2.05, 4.69) is 44.6 Å². The van der Waals surface area contributed by atoms with Crippen molar-refractivity contribution in [3.8, 4) is 0 Å². The van der Waals surface area contributed by atoms with Crippen molar-refractivity contribution in [3.05, 3.63) is 18.2 Å². The molecule has 0 bridgehead atoms. The minimum Gasteiger partial charge on any atom is -0.338 e. The third-order valence-corrected chi connectivity index (χ3v) is 2.81. The number of nitrogens with one attached hydrogen (secondary N) is 1. The summed E-state index contributed by atoms with van der Waals surface area (Å²) < 4.78 is 2.07. The third-order valence-electron chi connectivity index (χ3n) is 2.44. The van der Waals surface area contributed by atoms with Crippen molar-refractivity contribution in [1.82, 2.24) is 14.9 Å². The van der Waals surface area contributed by atoms with Gasteiger partial charge in [0.25, 0.3) is 0 Å². The van der Waals surface area contributed by atoms with Gasteiger partial charge in [0, 0.05) is 43.3 Å². The number of imidazole rings is 1. The monoisotopic (exact) mass is 273 g/mol. The van der Waals surface area contributed by atoms with Crippen LogP contribution >= 0.6 is 15.9 Å². The van der Waals surface area contributed by atoms with Gasteiger partial charge in [0.1, 0.15) is 5.82 Å². The summed E-state index contributed by atoms with van der Waals surface area (Å²) in [6, 6.07) is 0.555. The van der Waals surface area contributed by atoms with Gasteiger partial charge in [-0.1, -0.05) is 22.9 Å². The first-order chi connectivity index (χ1) is 7.09. The topological polar surface area (TPSA) is 29.9 Å². The van der Waals surface area contributed by atoms with Crippen LogP contribution < -0.4 is 5.32 Å². The first kappa shape index (κ1) is 12.7. The van der Waals surface area contributed by atoms with E-state index in [0.29, 0.717) is 10.9 Å². The molecule has 0 fully saturated rings. The molecule has 0 amide bonds.